The summed E-state index contributed by atoms with van der Waals surface area (Å²) in [4.78, 5) is 0. The maximum absolute atomic E-state index is 4.23. The van der Waals surface area contributed by atoms with E-state index in [9.17, 15) is 0 Å². The normalized spacial score (nSPS) is 14.3. The van der Waals surface area contributed by atoms with Crippen LogP contribution in [0.4, 0.5) is 5.82 Å². The summed E-state index contributed by atoms with van der Waals surface area (Å²) in [5.41, 5.74) is 3.39. The quantitative estimate of drug-likeness (QED) is 0.788. The lowest BCUT2D eigenvalue weighted by molar-refractivity contribution is 0.798. The zero-order valence-electron chi connectivity index (χ0n) is 9.27. The number of fused-ring (bicyclic) bond motifs is 1. The van der Waals surface area contributed by atoms with Crippen molar-refractivity contribution >= 4 is 5.82 Å². The first-order valence-electron chi connectivity index (χ1n) is 5.61. The van der Waals surface area contributed by atoms with Crippen LogP contribution in [0.1, 0.15) is 17.7 Å². The van der Waals surface area contributed by atoms with Crippen LogP contribution < -0.4 is 5.32 Å². The summed E-state index contributed by atoms with van der Waals surface area (Å²) in [7, 11) is 0. The topological polar surface area (TPSA) is 42.7 Å². The maximum atomic E-state index is 4.23. The first-order chi connectivity index (χ1) is 7.86. The van der Waals surface area contributed by atoms with Gasteiger partial charge in [-0.2, -0.15) is 4.68 Å². The van der Waals surface area contributed by atoms with Gasteiger partial charge in [-0.25, -0.2) is 0 Å². The third-order valence-electron chi connectivity index (χ3n) is 2.97. The van der Waals surface area contributed by atoms with Crippen molar-refractivity contribution < 1.29 is 0 Å². The SMILES string of the molecule is Cc1ccccc1-n1nnc2c1NCCC2. The number of para-hydroxylation sites is 1. The minimum atomic E-state index is 1.01. The molecule has 0 aliphatic carbocycles. The number of anilines is 1. The van der Waals surface area contributed by atoms with Crippen LogP contribution in [-0.4, -0.2) is 21.5 Å². The third-order valence-corrected chi connectivity index (χ3v) is 2.97. The second-order valence-corrected chi connectivity index (χ2v) is 4.11. The van der Waals surface area contributed by atoms with E-state index < -0.39 is 0 Å². The lowest BCUT2D eigenvalue weighted by Crippen LogP contribution is -2.14. The van der Waals surface area contributed by atoms with Crippen LogP contribution >= 0.6 is 0 Å². The van der Waals surface area contributed by atoms with E-state index in [0.29, 0.717) is 0 Å². The van der Waals surface area contributed by atoms with E-state index in [1.165, 1.54) is 5.56 Å². The van der Waals surface area contributed by atoms with Crippen LogP contribution in [0, 0.1) is 6.92 Å². The molecule has 4 heteroatoms. The summed E-state index contributed by atoms with van der Waals surface area (Å²) in [5, 5.41) is 11.8. The first kappa shape index (κ1) is 9.39. The molecule has 0 bridgehead atoms. The van der Waals surface area contributed by atoms with Gasteiger partial charge in [0.1, 0.15) is 5.69 Å². The predicted octanol–water partition coefficient (Wildman–Crippen LogP) is 1.93. The molecule has 0 fully saturated rings. The van der Waals surface area contributed by atoms with Gasteiger partial charge in [-0.15, -0.1) is 5.10 Å². The summed E-state index contributed by atoms with van der Waals surface area (Å²) < 4.78 is 1.91. The molecule has 1 aliphatic heterocycles. The van der Waals surface area contributed by atoms with Gasteiger partial charge in [0.05, 0.1) is 5.69 Å². The molecule has 1 N–H and O–H groups in total. The Bertz CT molecular complexity index is 515. The summed E-state index contributed by atoms with van der Waals surface area (Å²) in [6.07, 6.45) is 2.16. The number of aromatic nitrogens is 3. The molecule has 4 nitrogen and oxygen atoms in total. The summed E-state index contributed by atoms with van der Waals surface area (Å²) in [6.45, 7) is 3.10. The van der Waals surface area contributed by atoms with E-state index in [1.807, 2.05) is 16.8 Å². The van der Waals surface area contributed by atoms with Gasteiger partial charge < -0.3 is 5.32 Å². The van der Waals surface area contributed by atoms with Gasteiger partial charge in [0, 0.05) is 6.54 Å². The van der Waals surface area contributed by atoms with Gasteiger partial charge in [0.2, 0.25) is 0 Å². The highest BCUT2D eigenvalue weighted by atomic mass is 15.5. The zero-order chi connectivity index (χ0) is 11.0. The second kappa shape index (κ2) is 3.63. The Hall–Kier alpha value is -1.84. The van der Waals surface area contributed by atoms with Crippen molar-refractivity contribution in [3.05, 3.63) is 35.5 Å². The number of rotatable bonds is 1. The average Bonchev–Trinajstić information content (AvgIpc) is 2.74. The number of nitrogens with one attached hydrogen (secondary N) is 1. The fourth-order valence-corrected chi connectivity index (χ4v) is 2.09. The van der Waals surface area contributed by atoms with Gasteiger partial charge in [0.15, 0.2) is 5.82 Å². The Morgan fingerprint density at radius 2 is 2.19 bits per heavy atom. The van der Waals surface area contributed by atoms with Gasteiger partial charge in [-0.3, -0.25) is 0 Å². The smallest absolute Gasteiger partial charge is 0.153 e. The Morgan fingerprint density at radius 1 is 1.31 bits per heavy atom. The molecule has 1 aromatic carbocycles. The Kier molecular flexibility index (Phi) is 2.13. The molecule has 0 unspecified atom stereocenters. The van der Waals surface area contributed by atoms with Crippen LogP contribution in [0.5, 0.6) is 0 Å². The van der Waals surface area contributed by atoms with Gasteiger partial charge in [-0.05, 0) is 31.4 Å². The average molecular weight is 214 g/mol. The predicted molar refractivity (Wildman–Crippen MR) is 62.9 cm³/mol. The van der Waals surface area contributed by atoms with E-state index in [1.54, 1.807) is 0 Å². The van der Waals surface area contributed by atoms with Crippen LogP contribution in [0.25, 0.3) is 5.69 Å². The van der Waals surface area contributed by atoms with E-state index in [0.717, 1.165) is 36.6 Å². The monoisotopic (exact) mass is 214 g/mol. The molecule has 2 aromatic rings. The highest BCUT2D eigenvalue weighted by Crippen LogP contribution is 2.23. The number of aryl methyl sites for hydroxylation is 2. The van der Waals surface area contributed by atoms with E-state index in [2.05, 4.69) is 34.7 Å². The standard InChI is InChI=1S/C12H14N4/c1-9-5-2-3-7-11(9)16-12-10(14-15-16)6-4-8-13-12/h2-3,5,7,13H,4,6,8H2,1H3. The number of hydrogen-bond donors (Lipinski definition) is 1. The number of hydrogen-bond acceptors (Lipinski definition) is 3. The number of benzene rings is 1. The largest absolute Gasteiger partial charge is 0.368 e. The van der Waals surface area contributed by atoms with Gasteiger partial charge >= 0.3 is 0 Å². The summed E-state index contributed by atoms with van der Waals surface area (Å²) in [5.74, 6) is 1.06. The van der Waals surface area contributed by atoms with Crippen LogP contribution in [0.15, 0.2) is 24.3 Å². The molecule has 1 aromatic heterocycles. The molecular formula is C12H14N4. The molecule has 82 valence electrons. The van der Waals surface area contributed by atoms with Crippen LogP contribution in [0.3, 0.4) is 0 Å². The lowest BCUT2D eigenvalue weighted by Gasteiger charge is -2.15. The molecule has 0 atom stereocenters. The molecule has 0 amide bonds. The molecule has 3 rings (SSSR count). The Morgan fingerprint density at radius 3 is 3.06 bits per heavy atom. The maximum Gasteiger partial charge on any atom is 0.153 e. The minimum Gasteiger partial charge on any atom is -0.368 e. The van der Waals surface area contributed by atoms with Crippen molar-refractivity contribution in [2.24, 2.45) is 0 Å². The van der Waals surface area contributed by atoms with Crippen molar-refractivity contribution in [2.45, 2.75) is 19.8 Å². The van der Waals surface area contributed by atoms with Crippen LogP contribution in [0.2, 0.25) is 0 Å². The van der Waals surface area contributed by atoms with Crippen molar-refractivity contribution in [1.29, 1.82) is 0 Å². The summed E-state index contributed by atoms with van der Waals surface area (Å²) in [6, 6.07) is 8.22. The van der Waals surface area contributed by atoms with E-state index in [-0.39, 0.29) is 0 Å². The zero-order valence-corrected chi connectivity index (χ0v) is 9.27. The van der Waals surface area contributed by atoms with Crippen molar-refractivity contribution in [3.8, 4) is 5.69 Å². The second-order valence-electron chi connectivity index (χ2n) is 4.11. The van der Waals surface area contributed by atoms with Crippen LogP contribution in [-0.2, 0) is 6.42 Å². The van der Waals surface area contributed by atoms with Crippen molar-refractivity contribution in [1.82, 2.24) is 15.0 Å². The fraction of sp³-hybridized carbons (Fsp3) is 0.333. The highest BCUT2D eigenvalue weighted by molar-refractivity contribution is 5.51. The molecule has 0 radical (unpaired) electrons. The van der Waals surface area contributed by atoms with Crippen molar-refractivity contribution in [3.63, 3.8) is 0 Å². The minimum absolute atomic E-state index is 1.01. The van der Waals surface area contributed by atoms with Gasteiger partial charge in [-0.1, -0.05) is 23.4 Å². The molecule has 0 saturated heterocycles. The molecule has 0 saturated carbocycles. The lowest BCUT2D eigenvalue weighted by atomic mass is 10.1. The molecule has 16 heavy (non-hydrogen) atoms. The van der Waals surface area contributed by atoms with E-state index in [4.69, 9.17) is 0 Å². The van der Waals surface area contributed by atoms with Gasteiger partial charge in [0.25, 0.3) is 0 Å². The fourth-order valence-electron chi connectivity index (χ4n) is 2.09. The molecule has 0 spiro atoms. The third kappa shape index (κ3) is 1.38. The molecular weight excluding hydrogens is 200 g/mol. The molecule has 2 heterocycles. The highest BCUT2D eigenvalue weighted by Gasteiger charge is 2.17. The van der Waals surface area contributed by atoms with E-state index >= 15 is 0 Å². The Labute approximate surface area is 94.3 Å². The molecule has 1 aliphatic rings. The Balaban J connectivity index is 2.13. The first-order valence-corrected chi connectivity index (χ1v) is 5.61. The van der Waals surface area contributed by atoms with Crippen molar-refractivity contribution in [2.75, 3.05) is 11.9 Å². The number of nitrogens with zero attached hydrogens (tertiary/aromatic N) is 3. The summed E-state index contributed by atoms with van der Waals surface area (Å²) >= 11 is 0.